The third kappa shape index (κ3) is 4.71. The van der Waals surface area contributed by atoms with Gasteiger partial charge in [0.05, 0.1) is 0 Å². The Morgan fingerprint density at radius 3 is 2.74 bits per heavy atom. The minimum Gasteiger partial charge on any atom is -0.507 e. The molecule has 0 aromatic heterocycles. The summed E-state index contributed by atoms with van der Waals surface area (Å²) < 4.78 is 13.5. The van der Waals surface area contributed by atoms with Crippen molar-refractivity contribution in [1.29, 1.82) is 0 Å². The fourth-order valence-electron chi connectivity index (χ4n) is 1.78. The van der Waals surface area contributed by atoms with Gasteiger partial charge in [-0.2, -0.15) is 0 Å². The lowest BCUT2D eigenvalue weighted by Gasteiger charge is -2.24. The number of benzene rings is 1. The number of rotatable bonds is 6. The van der Waals surface area contributed by atoms with Gasteiger partial charge in [-0.15, -0.1) is 11.6 Å². The summed E-state index contributed by atoms with van der Waals surface area (Å²) >= 11 is 5.64. The molecule has 0 unspecified atom stereocenters. The molecule has 0 aliphatic rings. The summed E-state index contributed by atoms with van der Waals surface area (Å²) in [5.74, 6) is -1.10. The van der Waals surface area contributed by atoms with Gasteiger partial charge in [0.25, 0.3) is 5.91 Å². The second-order valence-corrected chi connectivity index (χ2v) is 5.65. The average Bonchev–Trinajstić information content (AvgIpc) is 2.34. The van der Waals surface area contributed by atoms with Crippen LogP contribution in [0.1, 0.15) is 37.0 Å². The molecule has 106 valence electrons. The lowest BCUT2D eigenvalue weighted by atomic mass is 9.88. The molecule has 3 nitrogen and oxygen atoms in total. The minimum absolute atomic E-state index is 0.120. The van der Waals surface area contributed by atoms with Crippen LogP contribution in [0.25, 0.3) is 0 Å². The first-order valence-corrected chi connectivity index (χ1v) is 6.72. The average molecular weight is 288 g/mol. The molecule has 5 heteroatoms. The van der Waals surface area contributed by atoms with Gasteiger partial charge in [0, 0.05) is 12.4 Å². The summed E-state index contributed by atoms with van der Waals surface area (Å²) in [6.45, 7) is 4.40. The van der Waals surface area contributed by atoms with E-state index >= 15 is 0 Å². The van der Waals surface area contributed by atoms with E-state index in [1.807, 2.05) is 13.8 Å². The Morgan fingerprint density at radius 2 is 2.16 bits per heavy atom. The smallest absolute Gasteiger partial charge is 0.258 e. The van der Waals surface area contributed by atoms with Gasteiger partial charge in [-0.3, -0.25) is 4.79 Å². The molecule has 19 heavy (non-hydrogen) atoms. The molecular formula is C14H19ClFNO2. The Balaban J connectivity index is 2.66. The van der Waals surface area contributed by atoms with Crippen molar-refractivity contribution in [2.45, 2.75) is 26.7 Å². The van der Waals surface area contributed by atoms with Gasteiger partial charge in [0.15, 0.2) is 0 Å². The molecule has 0 radical (unpaired) electrons. The van der Waals surface area contributed by atoms with Gasteiger partial charge < -0.3 is 10.4 Å². The number of nitrogens with one attached hydrogen (secondary N) is 1. The first-order chi connectivity index (χ1) is 8.87. The Hall–Kier alpha value is -1.29. The van der Waals surface area contributed by atoms with Crippen LogP contribution < -0.4 is 5.32 Å². The van der Waals surface area contributed by atoms with Gasteiger partial charge in [-0.1, -0.05) is 19.9 Å². The summed E-state index contributed by atoms with van der Waals surface area (Å²) in [5, 5.41) is 12.2. The molecule has 1 amide bonds. The van der Waals surface area contributed by atoms with Crippen LogP contribution >= 0.6 is 11.6 Å². The number of hydrogen-bond acceptors (Lipinski definition) is 2. The van der Waals surface area contributed by atoms with Crippen molar-refractivity contribution < 1.29 is 14.3 Å². The minimum atomic E-state index is -0.726. The predicted molar refractivity (Wildman–Crippen MR) is 74.1 cm³/mol. The molecular weight excluding hydrogens is 269 g/mol. The Morgan fingerprint density at radius 1 is 1.47 bits per heavy atom. The lowest BCUT2D eigenvalue weighted by molar-refractivity contribution is 0.0927. The fourth-order valence-corrected chi connectivity index (χ4v) is 1.91. The first kappa shape index (κ1) is 15.8. The summed E-state index contributed by atoms with van der Waals surface area (Å²) in [7, 11) is 0. The van der Waals surface area contributed by atoms with E-state index in [1.165, 1.54) is 12.1 Å². The van der Waals surface area contributed by atoms with Crippen LogP contribution in [0.4, 0.5) is 4.39 Å². The topological polar surface area (TPSA) is 49.3 Å². The van der Waals surface area contributed by atoms with Crippen molar-refractivity contribution in [3.05, 3.63) is 29.6 Å². The second-order valence-electron chi connectivity index (χ2n) is 5.27. The van der Waals surface area contributed by atoms with E-state index in [1.54, 1.807) is 0 Å². The summed E-state index contributed by atoms with van der Waals surface area (Å²) in [4.78, 5) is 11.9. The van der Waals surface area contributed by atoms with Crippen LogP contribution in [-0.2, 0) is 0 Å². The van der Waals surface area contributed by atoms with Gasteiger partial charge in [0.1, 0.15) is 17.1 Å². The zero-order valence-electron chi connectivity index (χ0n) is 11.2. The number of phenolic OH excluding ortho intramolecular Hbond substituents is 1. The molecule has 0 fully saturated rings. The van der Waals surface area contributed by atoms with Gasteiger partial charge >= 0.3 is 0 Å². The van der Waals surface area contributed by atoms with Crippen LogP contribution in [0, 0.1) is 11.2 Å². The summed E-state index contributed by atoms with van der Waals surface area (Å²) in [6.07, 6.45) is 1.72. The number of carbonyl (C=O) groups excluding carboxylic acids is 1. The number of alkyl halides is 1. The highest BCUT2D eigenvalue weighted by Gasteiger charge is 2.21. The number of halogens is 2. The number of phenols is 1. The molecule has 0 aliphatic carbocycles. The van der Waals surface area contributed by atoms with E-state index < -0.39 is 11.7 Å². The quantitative estimate of drug-likeness (QED) is 0.789. The third-order valence-corrected chi connectivity index (χ3v) is 3.20. The lowest BCUT2D eigenvalue weighted by Crippen LogP contribution is -2.34. The van der Waals surface area contributed by atoms with Gasteiger partial charge in [-0.05, 0) is 30.4 Å². The van der Waals surface area contributed by atoms with Crippen molar-refractivity contribution in [1.82, 2.24) is 5.32 Å². The first-order valence-electron chi connectivity index (χ1n) is 6.19. The van der Waals surface area contributed by atoms with Crippen molar-refractivity contribution in [2.75, 3.05) is 12.4 Å². The Kier molecular flexibility index (Phi) is 5.60. The van der Waals surface area contributed by atoms with E-state index in [9.17, 15) is 14.3 Å². The van der Waals surface area contributed by atoms with Gasteiger partial charge in [0.2, 0.25) is 0 Å². The number of aromatic hydroxyl groups is 1. The normalized spacial score (nSPS) is 11.4. The maximum atomic E-state index is 13.5. The van der Waals surface area contributed by atoms with E-state index in [0.29, 0.717) is 12.4 Å². The monoisotopic (exact) mass is 287 g/mol. The molecule has 1 rings (SSSR count). The number of hydrogen-bond donors (Lipinski definition) is 2. The molecule has 0 heterocycles. The van der Waals surface area contributed by atoms with Crippen LogP contribution in [-0.4, -0.2) is 23.4 Å². The number of carbonyl (C=O) groups is 1. The van der Waals surface area contributed by atoms with E-state index in [0.717, 1.165) is 18.9 Å². The highest BCUT2D eigenvalue weighted by Crippen LogP contribution is 2.23. The van der Waals surface area contributed by atoms with Crippen LogP contribution in [0.3, 0.4) is 0 Å². The zero-order valence-corrected chi connectivity index (χ0v) is 11.9. The predicted octanol–water partition coefficient (Wildman–Crippen LogP) is 3.31. The molecule has 1 aromatic carbocycles. The molecule has 0 bridgehead atoms. The van der Waals surface area contributed by atoms with Crippen molar-refractivity contribution in [2.24, 2.45) is 5.41 Å². The van der Waals surface area contributed by atoms with Crippen LogP contribution in [0.5, 0.6) is 5.75 Å². The Labute approximate surface area is 117 Å². The third-order valence-electron chi connectivity index (χ3n) is 2.93. The summed E-state index contributed by atoms with van der Waals surface area (Å²) in [5.41, 5.74) is -0.429. The highest BCUT2D eigenvalue weighted by molar-refractivity contribution is 6.17. The van der Waals surface area contributed by atoms with Crippen LogP contribution in [0.15, 0.2) is 18.2 Å². The van der Waals surface area contributed by atoms with Crippen molar-refractivity contribution >= 4 is 17.5 Å². The maximum Gasteiger partial charge on any atom is 0.258 e. The van der Waals surface area contributed by atoms with Crippen LogP contribution in [0.2, 0.25) is 0 Å². The standard InChI is InChI=1S/C14H19ClFNO2/c1-14(2,7-4-8-15)9-17-13(19)12-10(16)5-3-6-11(12)18/h3,5-6,18H,4,7-9H2,1-2H3,(H,17,19). The fraction of sp³-hybridized carbons (Fsp3) is 0.500. The largest absolute Gasteiger partial charge is 0.507 e. The molecule has 0 saturated carbocycles. The molecule has 0 atom stereocenters. The summed E-state index contributed by atoms with van der Waals surface area (Å²) in [6, 6.07) is 3.79. The molecule has 1 aromatic rings. The van der Waals surface area contributed by atoms with E-state index in [2.05, 4.69) is 5.32 Å². The maximum absolute atomic E-state index is 13.5. The highest BCUT2D eigenvalue weighted by atomic mass is 35.5. The van der Waals surface area contributed by atoms with E-state index in [-0.39, 0.29) is 16.7 Å². The number of amides is 1. The van der Waals surface area contributed by atoms with Crippen molar-refractivity contribution in [3.8, 4) is 5.75 Å². The zero-order chi connectivity index (χ0) is 14.5. The molecule has 0 saturated heterocycles. The van der Waals surface area contributed by atoms with E-state index in [4.69, 9.17) is 11.6 Å². The van der Waals surface area contributed by atoms with Gasteiger partial charge in [-0.25, -0.2) is 4.39 Å². The van der Waals surface area contributed by atoms with Crippen molar-refractivity contribution in [3.63, 3.8) is 0 Å². The Bertz CT molecular complexity index is 429. The molecule has 0 aliphatic heterocycles. The second kappa shape index (κ2) is 6.75. The molecule has 2 N–H and O–H groups in total. The SMILES string of the molecule is CC(C)(CCCCl)CNC(=O)c1c(O)cccc1F. The molecule has 0 spiro atoms.